The summed E-state index contributed by atoms with van der Waals surface area (Å²) in [6.07, 6.45) is 1.30. The number of hydrogen-bond acceptors (Lipinski definition) is 4. The Morgan fingerprint density at radius 1 is 1.50 bits per heavy atom. The molecular weight excluding hydrogens is 269 g/mol. The number of rotatable bonds is 4. The minimum Gasteiger partial charge on any atom is -0.478 e. The fourth-order valence-corrected chi connectivity index (χ4v) is 1.83. The van der Waals surface area contributed by atoms with E-state index in [1.807, 2.05) is 0 Å². The average Bonchev–Trinajstić information content (AvgIpc) is 2.69. The smallest absolute Gasteiger partial charge is 0.339 e. The first-order valence-corrected chi connectivity index (χ1v) is 5.58. The van der Waals surface area contributed by atoms with Gasteiger partial charge in [-0.1, -0.05) is 0 Å². The van der Waals surface area contributed by atoms with Crippen molar-refractivity contribution in [2.45, 2.75) is 13.5 Å². The van der Waals surface area contributed by atoms with E-state index in [-0.39, 0.29) is 17.8 Å². The highest BCUT2D eigenvalue weighted by Gasteiger charge is 2.14. The Hall–Kier alpha value is -2.77. The molecule has 0 spiro atoms. The highest BCUT2D eigenvalue weighted by atomic mass is 19.1. The number of aromatic nitrogens is 2. The lowest BCUT2D eigenvalue weighted by molar-refractivity contribution is -0.385. The molecule has 7 nitrogen and oxygen atoms in total. The zero-order valence-corrected chi connectivity index (χ0v) is 10.4. The number of carboxylic acid groups (broad SMARTS) is 1. The second-order valence-electron chi connectivity index (χ2n) is 4.21. The molecule has 8 heteroatoms. The molecule has 0 fully saturated rings. The number of non-ortho nitro benzene ring substituents is 1. The van der Waals surface area contributed by atoms with E-state index in [1.165, 1.54) is 23.9 Å². The molecule has 2 aromatic rings. The fraction of sp³-hybridized carbons (Fsp3) is 0.167. The minimum atomic E-state index is -1.11. The fourth-order valence-electron chi connectivity index (χ4n) is 1.83. The van der Waals surface area contributed by atoms with Crippen molar-refractivity contribution in [3.8, 4) is 0 Å². The van der Waals surface area contributed by atoms with Gasteiger partial charge in [0, 0.05) is 12.3 Å². The van der Waals surface area contributed by atoms with Crippen molar-refractivity contribution in [2.24, 2.45) is 0 Å². The van der Waals surface area contributed by atoms with Crippen LogP contribution in [0.3, 0.4) is 0 Å². The Labute approximate surface area is 112 Å². The Morgan fingerprint density at radius 3 is 2.75 bits per heavy atom. The third-order valence-electron chi connectivity index (χ3n) is 2.67. The SMILES string of the molecule is Cc1nn(Cc2cc(F)cc([N+](=O)[O-])c2)cc1C(=O)O. The average molecular weight is 279 g/mol. The monoisotopic (exact) mass is 279 g/mol. The summed E-state index contributed by atoms with van der Waals surface area (Å²) in [6, 6.07) is 3.19. The number of carbonyl (C=O) groups is 1. The van der Waals surface area contributed by atoms with Gasteiger partial charge in [-0.15, -0.1) is 0 Å². The Bertz CT molecular complexity index is 696. The van der Waals surface area contributed by atoms with Gasteiger partial charge in [0.05, 0.1) is 23.2 Å². The van der Waals surface area contributed by atoms with Crippen LogP contribution in [0.4, 0.5) is 10.1 Å². The molecule has 1 heterocycles. The van der Waals surface area contributed by atoms with E-state index < -0.39 is 16.7 Å². The standard InChI is InChI=1S/C12H10FN3O4/c1-7-11(12(17)18)6-15(14-7)5-8-2-9(13)4-10(3-8)16(19)20/h2-4,6H,5H2,1H3,(H,17,18). The van der Waals surface area contributed by atoms with E-state index in [2.05, 4.69) is 5.10 Å². The molecular formula is C12H10FN3O4. The van der Waals surface area contributed by atoms with Crippen molar-refractivity contribution in [1.29, 1.82) is 0 Å². The lowest BCUT2D eigenvalue weighted by atomic mass is 10.2. The molecule has 2 rings (SSSR count). The van der Waals surface area contributed by atoms with Crippen molar-refractivity contribution >= 4 is 11.7 Å². The number of aromatic carboxylic acids is 1. The topological polar surface area (TPSA) is 98.3 Å². The quantitative estimate of drug-likeness (QED) is 0.681. The van der Waals surface area contributed by atoms with Gasteiger partial charge in [-0.2, -0.15) is 5.10 Å². The van der Waals surface area contributed by atoms with E-state index in [0.717, 1.165) is 12.1 Å². The number of hydrogen-bond donors (Lipinski definition) is 1. The number of carboxylic acids is 1. The summed E-state index contributed by atoms with van der Waals surface area (Å²) in [7, 11) is 0. The first kappa shape index (κ1) is 13.7. The number of aryl methyl sites for hydroxylation is 1. The molecule has 104 valence electrons. The first-order valence-electron chi connectivity index (χ1n) is 5.58. The van der Waals surface area contributed by atoms with E-state index >= 15 is 0 Å². The molecule has 0 bridgehead atoms. The second-order valence-corrected chi connectivity index (χ2v) is 4.21. The normalized spacial score (nSPS) is 10.5. The summed E-state index contributed by atoms with van der Waals surface area (Å²) < 4.78 is 14.6. The van der Waals surface area contributed by atoms with Crippen LogP contribution in [0, 0.1) is 22.9 Å². The Kier molecular flexibility index (Phi) is 3.47. The molecule has 0 aliphatic carbocycles. The van der Waals surface area contributed by atoms with Crippen molar-refractivity contribution < 1.29 is 19.2 Å². The second kappa shape index (κ2) is 5.08. The Balaban J connectivity index is 2.32. The zero-order chi connectivity index (χ0) is 14.9. The lowest BCUT2D eigenvalue weighted by Crippen LogP contribution is -2.02. The molecule has 1 N–H and O–H groups in total. The van der Waals surface area contributed by atoms with Crippen LogP contribution in [0.25, 0.3) is 0 Å². The van der Waals surface area contributed by atoms with Gasteiger partial charge in [0.1, 0.15) is 11.4 Å². The minimum absolute atomic E-state index is 0.0379. The molecule has 0 aliphatic heterocycles. The number of benzene rings is 1. The number of halogens is 1. The third kappa shape index (κ3) is 2.79. The summed E-state index contributed by atoms with van der Waals surface area (Å²) in [5.41, 5.74) is 0.331. The molecule has 1 aromatic carbocycles. The van der Waals surface area contributed by atoms with E-state index in [4.69, 9.17) is 5.11 Å². The summed E-state index contributed by atoms with van der Waals surface area (Å²) >= 11 is 0. The lowest BCUT2D eigenvalue weighted by Gasteiger charge is -2.02. The first-order chi connectivity index (χ1) is 9.36. The van der Waals surface area contributed by atoms with Crippen molar-refractivity contribution in [3.63, 3.8) is 0 Å². The maximum absolute atomic E-state index is 13.3. The molecule has 0 unspecified atom stereocenters. The van der Waals surface area contributed by atoms with Crippen molar-refractivity contribution in [1.82, 2.24) is 9.78 Å². The highest BCUT2D eigenvalue weighted by Crippen LogP contribution is 2.17. The summed E-state index contributed by atoms with van der Waals surface area (Å²) in [5, 5.41) is 23.5. The predicted molar refractivity (Wildman–Crippen MR) is 66.1 cm³/mol. The molecule has 0 saturated carbocycles. The van der Waals surface area contributed by atoms with E-state index in [1.54, 1.807) is 0 Å². The molecule has 1 aromatic heterocycles. The van der Waals surface area contributed by atoms with Gasteiger partial charge < -0.3 is 5.11 Å². The van der Waals surface area contributed by atoms with Gasteiger partial charge in [-0.05, 0) is 18.6 Å². The molecule has 20 heavy (non-hydrogen) atoms. The maximum Gasteiger partial charge on any atom is 0.339 e. The molecule has 0 radical (unpaired) electrons. The summed E-state index contributed by atoms with van der Waals surface area (Å²) in [5.74, 6) is -1.84. The predicted octanol–water partition coefficient (Wildman–Crippen LogP) is 1.99. The van der Waals surface area contributed by atoms with Crippen LogP contribution in [0.5, 0.6) is 0 Å². The maximum atomic E-state index is 13.3. The third-order valence-corrected chi connectivity index (χ3v) is 2.67. The number of nitro benzene ring substituents is 1. The van der Waals surface area contributed by atoms with E-state index in [0.29, 0.717) is 11.3 Å². The van der Waals surface area contributed by atoms with Gasteiger partial charge >= 0.3 is 5.97 Å². The van der Waals surface area contributed by atoms with Crippen LogP contribution in [-0.4, -0.2) is 25.8 Å². The molecule has 0 amide bonds. The number of nitro groups is 1. The van der Waals surface area contributed by atoms with Crippen LogP contribution in [0.2, 0.25) is 0 Å². The Morgan fingerprint density at radius 2 is 2.20 bits per heavy atom. The van der Waals surface area contributed by atoms with Crippen molar-refractivity contribution in [3.05, 3.63) is 57.1 Å². The van der Waals surface area contributed by atoms with Gasteiger partial charge in [0.25, 0.3) is 5.69 Å². The zero-order valence-electron chi connectivity index (χ0n) is 10.4. The van der Waals surface area contributed by atoms with Crippen LogP contribution in [0.15, 0.2) is 24.4 Å². The van der Waals surface area contributed by atoms with E-state index in [9.17, 15) is 19.3 Å². The highest BCUT2D eigenvalue weighted by molar-refractivity contribution is 5.88. The van der Waals surface area contributed by atoms with Crippen LogP contribution >= 0.6 is 0 Å². The van der Waals surface area contributed by atoms with Gasteiger partial charge in [0.15, 0.2) is 0 Å². The van der Waals surface area contributed by atoms with Gasteiger partial charge in [0.2, 0.25) is 0 Å². The molecule has 0 saturated heterocycles. The van der Waals surface area contributed by atoms with Gasteiger partial charge in [-0.25, -0.2) is 9.18 Å². The summed E-state index contributed by atoms with van der Waals surface area (Å²) in [6.45, 7) is 1.58. The molecule has 0 aliphatic rings. The summed E-state index contributed by atoms with van der Waals surface area (Å²) in [4.78, 5) is 20.8. The largest absolute Gasteiger partial charge is 0.478 e. The molecule has 0 atom stereocenters. The van der Waals surface area contributed by atoms with Gasteiger partial charge in [-0.3, -0.25) is 14.8 Å². The van der Waals surface area contributed by atoms with Crippen LogP contribution in [-0.2, 0) is 6.54 Å². The van der Waals surface area contributed by atoms with Crippen LogP contribution < -0.4 is 0 Å². The number of nitrogens with zero attached hydrogens (tertiary/aromatic N) is 3. The van der Waals surface area contributed by atoms with Crippen LogP contribution in [0.1, 0.15) is 21.6 Å². The van der Waals surface area contributed by atoms with Crippen molar-refractivity contribution in [2.75, 3.05) is 0 Å².